The van der Waals surface area contributed by atoms with E-state index < -0.39 is 0 Å². The number of aromatic nitrogens is 1. The Morgan fingerprint density at radius 1 is 1.19 bits per heavy atom. The highest BCUT2D eigenvalue weighted by atomic mass is 15.0. The van der Waals surface area contributed by atoms with Crippen molar-refractivity contribution in [3.63, 3.8) is 0 Å². The molecule has 2 aromatic rings. The van der Waals surface area contributed by atoms with Gasteiger partial charge in [-0.05, 0) is 24.3 Å². The molecule has 1 aromatic carbocycles. The molecule has 1 aromatic heterocycles. The molecule has 3 nitrogen and oxygen atoms in total. The molecule has 0 spiro atoms. The molecule has 0 bridgehead atoms. The number of anilines is 1. The summed E-state index contributed by atoms with van der Waals surface area (Å²) in [5.74, 6) is 0. The van der Waals surface area contributed by atoms with Gasteiger partial charge in [0.2, 0.25) is 0 Å². The minimum absolute atomic E-state index is 0.317. The zero-order valence-electron chi connectivity index (χ0n) is 9.09. The van der Waals surface area contributed by atoms with Gasteiger partial charge in [0, 0.05) is 18.9 Å². The summed E-state index contributed by atoms with van der Waals surface area (Å²) < 4.78 is 1.95. The van der Waals surface area contributed by atoms with E-state index in [2.05, 4.69) is 11.4 Å². The van der Waals surface area contributed by atoms with Crippen molar-refractivity contribution in [3.05, 3.63) is 54.4 Å². The van der Waals surface area contributed by atoms with Crippen molar-refractivity contribution >= 4 is 5.69 Å². The van der Waals surface area contributed by atoms with Crippen molar-refractivity contribution in [3.8, 4) is 6.07 Å². The molecule has 1 atom stereocenters. The van der Waals surface area contributed by atoms with E-state index in [0.717, 1.165) is 11.4 Å². The number of nitriles is 1. The third-order valence-corrected chi connectivity index (χ3v) is 2.49. The summed E-state index contributed by atoms with van der Waals surface area (Å²) in [6.07, 6.45) is 1.94. The average molecular weight is 211 g/mol. The van der Waals surface area contributed by atoms with Crippen LogP contribution >= 0.6 is 0 Å². The lowest BCUT2D eigenvalue weighted by molar-refractivity contribution is 0.801. The van der Waals surface area contributed by atoms with E-state index in [4.69, 9.17) is 5.26 Å². The predicted molar refractivity (Wildman–Crippen MR) is 63.8 cm³/mol. The lowest BCUT2D eigenvalue weighted by Gasteiger charge is -2.13. The van der Waals surface area contributed by atoms with Crippen molar-refractivity contribution in [2.75, 3.05) is 5.32 Å². The van der Waals surface area contributed by atoms with Crippen LogP contribution in [-0.2, 0) is 7.05 Å². The normalized spacial score (nSPS) is 11.8. The van der Waals surface area contributed by atoms with Crippen molar-refractivity contribution in [1.82, 2.24) is 4.57 Å². The second kappa shape index (κ2) is 4.54. The van der Waals surface area contributed by atoms with Crippen LogP contribution in [0.1, 0.15) is 11.7 Å². The van der Waals surface area contributed by atoms with Gasteiger partial charge in [-0.3, -0.25) is 0 Å². The minimum atomic E-state index is -0.317. The molecular formula is C13H13N3. The standard InChI is InChI=1S/C13H13N3/c1-16-9-5-8-13(16)12(10-14)15-11-6-3-2-4-7-11/h2-9,12,15H,1H3. The molecule has 1 N–H and O–H groups in total. The van der Waals surface area contributed by atoms with Crippen LogP contribution in [0.5, 0.6) is 0 Å². The zero-order valence-corrected chi connectivity index (χ0v) is 9.09. The number of benzene rings is 1. The fourth-order valence-corrected chi connectivity index (χ4v) is 1.65. The van der Waals surface area contributed by atoms with Gasteiger partial charge in [-0.15, -0.1) is 0 Å². The Morgan fingerprint density at radius 3 is 2.50 bits per heavy atom. The minimum Gasteiger partial charge on any atom is -0.365 e. The van der Waals surface area contributed by atoms with Crippen molar-refractivity contribution < 1.29 is 0 Å². The Labute approximate surface area is 94.9 Å². The summed E-state index contributed by atoms with van der Waals surface area (Å²) in [5.41, 5.74) is 1.92. The summed E-state index contributed by atoms with van der Waals surface area (Å²) >= 11 is 0. The van der Waals surface area contributed by atoms with Gasteiger partial charge in [0.05, 0.1) is 11.8 Å². The maximum absolute atomic E-state index is 9.16. The van der Waals surface area contributed by atoms with E-state index in [1.54, 1.807) is 0 Å². The van der Waals surface area contributed by atoms with Gasteiger partial charge in [0.25, 0.3) is 0 Å². The van der Waals surface area contributed by atoms with Gasteiger partial charge in [-0.1, -0.05) is 18.2 Å². The van der Waals surface area contributed by atoms with Gasteiger partial charge in [-0.2, -0.15) is 5.26 Å². The van der Waals surface area contributed by atoms with Crippen LogP contribution in [0.2, 0.25) is 0 Å². The number of nitrogens with zero attached hydrogens (tertiary/aromatic N) is 2. The molecule has 0 aliphatic rings. The first-order chi connectivity index (χ1) is 7.81. The SMILES string of the molecule is Cn1cccc1C(C#N)Nc1ccccc1. The monoisotopic (exact) mass is 211 g/mol. The summed E-state index contributed by atoms with van der Waals surface area (Å²) in [7, 11) is 1.94. The van der Waals surface area contributed by atoms with E-state index in [1.165, 1.54) is 0 Å². The molecule has 1 heterocycles. The molecule has 2 rings (SSSR count). The molecule has 0 amide bonds. The number of aryl methyl sites for hydroxylation is 1. The Kier molecular flexibility index (Phi) is 2.93. The first-order valence-corrected chi connectivity index (χ1v) is 5.13. The number of hydrogen-bond acceptors (Lipinski definition) is 2. The molecule has 1 unspecified atom stereocenters. The number of hydrogen-bond donors (Lipinski definition) is 1. The first kappa shape index (κ1) is 10.3. The van der Waals surface area contributed by atoms with E-state index in [0.29, 0.717) is 0 Å². The molecule has 0 saturated carbocycles. The Bertz CT molecular complexity index is 493. The average Bonchev–Trinajstić information content (AvgIpc) is 2.74. The largest absolute Gasteiger partial charge is 0.365 e. The van der Waals surface area contributed by atoms with Crippen LogP contribution in [-0.4, -0.2) is 4.57 Å². The number of nitrogens with one attached hydrogen (secondary N) is 1. The molecule has 0 fully saturated rings. The highest BCUT2D eigenvalue weighted by molar-refractivity contribution is 5.46. The fraction of sp³-hybridized carbons (Fsp3) is 0.154. The van der Waals surface area contributed by atoms with Gasteiger partial charge in [0.1, 0.15) is 0 Å². The summed E-state index contributed by atoms with van der Waals surface area (Å²) in [6.45, 7) is 0. The van der Waals surface area contributed by atoms with Crippen molar-refractivity contribution in [1.29, 1.82) is 5.26 Å². The van der Waals surface area contributed by atoms with Crippen LogP contribution < -0.4 is 5.32 Å². The molecule has 0 radical (unpaired) electrons. The van der Waals surface area contributed by atoms with Gasteiger partial charge in [-0.25, -0.2) is 0 Å². The summed E-state index contributed by atoms with van der Waals surface area (Å²) in [5, 5.41) is 12.3. The lowest BCUT2D eigenvalue weighted by Crippen LogP contribution is -2.11. The van der Waals surface area contributed by atoms with Crippen molar-refractivity contribution in [2.24, 2.45) is 7.05 Å². The second-order valence-electron chi connectivity index (χ2n) is 3.62. The van der Waals surface area contributed by atoms with E-state index >= 15 is 0 Å². The topological polar surface area (TPSA) is 40.8 Å². The molecule has 0 aliphatic heterocycles. The first-order valence-electron chi connectivity index (χ1n) is 5.13. The summed E-state index contributed by atoms with van der Waals surface area (Å²) in [4.78, 5) is 0. The maximum atomic E-state index is 9.16. The van der Waals surface area contributed by atoms with Crippen LogP contribution in [0, 0.1) is 11.3 Å². The Hall–Kier alpha value is -2.21. The number of rotatable bonds is 3. The molecule has 16 heavy (non-hydrogen) atoms. The lowest BCUT2D eigenvalue weighted by atomic mass is 10.2. The predicted octanol–water partition coefficient (Wildman–Crippen LogP) is 2.70. The third-order valence-electron chi connectivity index (χ3n) is 2.49. The number of para-hydroxylation sites is 1. The Balaban J connectivity index is 2.20. The molecule has 3 heteroatoms. The van der Waals surface area contributed by atoms with Crippen LogP contribution in [0.3, 0.4) is 0 Å². The van der Waals surface area contributed by atoms with Gasteiger partial charge in [0.15, 0.2) is 6.04 Å². The quantitative estimate of drug-likeness (QED) is 0.848. The second-order valence-corrected chi connectivity index (χ2v) is 3.62. The van der Waals surface area contributed by atoms with Crippen molar-refractivity contribution in [2.45, 2.75) is 6.04 Å². The van der Waals surface area contributed by atoms with Crippen LogP contribution in [0.4, 0.5) is 5.69 Å². The smallest absolute Gasteiger partial charge is 0.155 e. The van der Waals surface area contributed by atoms with Gasteiger partial charge >= 0.3 is 0 Å². The van der Waals surface area contributed by atoms with E-state index in [1.807, 2.05) is 60.3 Å². The third kappa shape index (κ3) is 2.06. The molecule has 0 saturated heterocycles. The zero-order chi connectivity index (χ0) is 11.4. The molecule has 0 aliphatic carbocycles. The van der Waals surface area contributed by atoms with Crippen LogP contribution in [0.25, 0.3) is 0 Å². The maximum Gasteiger partial charge on any atom is 0.155 e. The molecule has 80 valence electrons. The van der Waals surface area contributed by atoms with E-state index in [9.17, 15) is 0 Å². The Morgan fingerprint density at radius 2 is 1.94 bits per heavy atom. The molecular weight excluding hydrogens is 198 g/mol. The summed E-state index contributed by atoms with van der Waals surface area (Å²) in [6, 6.07) is 15.6. The van der Waals surface area contributed by atoms with E-state index in [-0.39, 0.29) is 6.04 Å². The fourth-order valence-electron chi connectivity index (χ4n) is 1.65. The highest BCUT2D eigenvalue weighted by Gasteiger charge is 2.12. The van der Waals surface area contributed by atoms with Crippen LogP contribution in [0.15, 0.2) is 48.7 Å². The highest BCUT2D eigenvalue weighted by Crippen LogP contribution is 2.18. The van der Waals surface area contributed by atoms with Gasteiger partial charge < -0.3 is 9.88 Å².